The second-order valence-electron chi connectivity index (χ2n) is 4.69. The highest BCUT2D eigenvalue weighted by Crippen LogP contribution is 2.20. The van der Waals surface area contributed by atoms with E-state index < -0.39 is 0 Å². The van der Waals surface area contributed by atoms with Gasteiger partial charge in [0.05, 0.1) is 0 Å². The van der Waals surface area contributed by atoms with Crippen LogP contribution in [0.4, 0.5) is 5.82 Å². The van der Waals surface area contributed by atoms with Gasteiger partial charge in [-0.25, -0.2) is 15.0 Å². The van der Waals surface area contributed by atoms with E-state index in [0.717, 1.165) is 23.0 Å². The molecule has 0 aliphatic carbocycles. The molecule has 18 heavy (non-hydrogen) atoms. The van der Waals surface area contributed by atoms with E-state index in [0.29, 0.717) is 11.6 Å². The van der Waals surface area contributed by atoms with Crippen molar-refractivity contribution >= 4 is 5.82 Å². The molecule has 2 heterocycles. The normalized spacial score (nSPS) is 11.2. The first-order chi connectivity index (χ1) is 8.40. The van der Waals surface area contributed by atoms with Crippen molar-refractivity contribution in [3.05, 3.63) is 23.0 Å². The zero-order chi connectivity index (χ0) is 13.4. The van der Waals surface area contributed by atoms with E-state index in [9.17, 15) is 0 Å². The van der Waals surface area contributed by atoms with Crippen LogP contribution >= 0.6 is 0 Å². The number of hydrogen-bond acceptors (Lipinski definition) is 5. The van der Waals surface area contributed by atoms with Gasteiger partial charge in [0.2, 0.25) is 0 Å². The second kappa shape index (κ2) is 4.36. The standard InChI is InChI=1S/C12H18N6/c1-6(2)11-15-10(13)7(3)12(16-11)18-9(5)14-8(4)17-18/h6H,1-5H3,(H2,13,15,16). The SMILES string of the molecule is Cc1nc(C)n(-c2nc(C(C)C)nc(N)c2C)n1. The summed E-state index contributed by atoms with van der Waals surface area (Å²) in [6, 6.07) is 0. The molecule has 0 spiro atoms. The van der Waals surface area contributed by atoms with Crippen molar-refractivity contribution < 1.29 is 0 Å². The Morgan fingerprint density at radius 3 is 2.22 bits per heavy atom. The molecule has 0 aliphatic rings. The summed E-state index contributed by atoms with van der Waals surface area (Å²) in [6.45, 7) is 9.71. The Bertz CT molecular complexity index is 584. The first kappa shape index (κ1) is 12.5. The average Bonchev–Trinajstić information content (AvgIpc) is 2.61. The van der Waals surface area contributed by atoms with Crippen LogP contribution in [0.5, 0.6) is 0 Å². The van der Waals surface area contributed by atoms with Crippen molar-refractivity contribution in [2.24, 2.45) is 0 Å². The van der Waals surface area contributed by atoms with Gasteiger partial charge in [-0.3, -0.25) is 0 Å². The van der Waals surface area contributed by atoms with E-state index in [1.54, 1.807) is 4.68 Å². The lowest BCUT2D eigenvalue weighted by Gasteiger charge is -2.12. The third-order valence-corrected chi connectivity index (χ3v) is 2.77. The summed E-state index contributed by atoms with van der Waals surface area (Å²) in [5.74, 6) is 3.66. The van der Waals surface area contributed by atoms with E-state index in [4.69, 9.17) is 5.73 Å². The van der Waals surface area contributed by atoms with Crippen LogP contribution in [-0.2, 0) is 0 Å². The van der Waals surface area contributed by atoms with Gasteiger partial charge < -0.3 is 5.73 Å². The zero-order valence-electron chi connectivity index (χ0n) is 11.4. The van der Waals surface area contributed by atoms with Crippen LogP contribution in [0.25, 0.3) is 5.82 Å². The fourth-order valence-electron chi connectivity index (χ4n) is 1.73. The van der Waals surface area contributed by atoms with Gasteiger partial charge in [0, 0.05) is 11.5 Å². The Morgan fingerprint density at radius 1 is 1.06 bits per heavy atom. The van der Waals surface area contributed by atoms with Crippen LogP contribution < -0.4 is 5.73 Å². The highest BCUT2D eigenvalue weighted by Gasteiger charge is 2.15. The summed E-state index contributed by atoms with van der Waals surface area (Å²) in [5, 5.41) is 4.34. The van der Waals surface area contributed by atoms with Gasteiger partial charge in [0.15, 0.2) is 5.82 Å². The third kappa shape index (κ3) is 2.05. The predicted octanol–water partition coefficient (Wildman–Crippen LogP) is 1.69. The molecule has 0 aromatic carbocycles. The van der Waals surface area contributed by atoms with E-state index in [-0.39, 0.29) is 5.92 Å². The summed E-state index contributed by atoms with van der Waals surface area (Å²) in [6.07, 6.45) is 0. The zero-order valence-corrected chi connectivity index (χ0v) is 11.4. The molecular formula is C12H18N6. The Kier molecular flexibility index (Phi) is 3.02. The molecule has 0 aliphatic heterocycles. The minimum absolute atomic E-state index is 0.219. The van der Waals surface area contributed by atoms with E-state index in [1.807, 2.05) is 34.6 Å². The van der Waals surface area contributed by atoms with Crippen molar-refractivity contribution in [1.29, 1.82) is 0 Å². The largest absolute Gasteiger partial charge is 0.383 e. The van der Waals surface area contributed by atoms with Crippen LogP contribution in [-0.4, -0.2) is 24.7 Å². The molecule has 0 unspecified atom stereocenters. The number of nitrogens with two attached hydrogens (primary N) is 1. The Morgan fingerprint density at radius 2 is 1.72 bits per heavy atom. The number of aromatic nitrogens is 5. The van der Waals surface area contributed by atoms with Gasteiger partial charge in [-0.05, 0) is 20.8 Å². The van der Waals surface area contributed by atoms with Crippen molar-refractivity contribution in [3.8, 4) is 5.82 Å². The molecule has 2 aromatic heterocycles. The lowest BCUT2D eigenvalue weighted by Crippen LogP contribution is -2.12. The minimum Gasteiger partial charge on any atom is -0.383 e. The molecule has 0 fully saturated rings. The number of nitrogens with zero attached hydrogens (tertiary/aromatic N) is 5. The molecule has 6 nitrogen and oxygen atoms in total. The Balaban J connectivity index is 2.66. The maximum Gasteiger partial charge on any atom is 0.164 e. The van der Waals surface area contributed by atoms with E-state index >= 15 is 0 Å². The lowest BCUT2D eigenvalue weighted by molar-refractivity contribution is 0.731. The Hall–Kier alpha value is -1.98. The van der Waals surface area contributed by atoms with Crippen LogP contribution in [0.15, 0.2) is 0 Å². The fraction of sp³-hybridized carbons (Fsp3) is 0.500. The predicted molar refractivity (Wildman–Crippen MR) is 69.7 cm³/mol. The van der Waals surface area contributed by atoms with Crippen molar-refractivity contribution in [1.82, 2.24) is 24.7 Å². The third-order valence-electron chi connectivity index (χ3n) is 2.77. The summed E-state index contributed by atoms with van der Waals surface area (Å²) in [7, 11) is 0. The van der Waals surface area contributed by atoms with Crippen LogP contribution in [0.3, 0.4) is 0 Å². The van der Waals surface area contributed by atoms with Crippen LogP contribution in [0, 0.1) is 20.8 Å². The quantitative estimate of drug-likeness (QED) is 0.871. The molecule has 6 heteroatoms. The molecule has 0 saturated carbocycles. The minimum atomic E-state index is 0.219. The molecule has 2 rings (SSSR count). The van der Waals surface area contributed by atoms with Gasteiger partial charge in [-0.15, -0.1) is 5.10 Å². The Labute approximate surface area is 106 Å². The van der Waals surface area contributed by atoms with E-state index in [1.165, 1.54) is 0 Å². The first-order valence-corrected chi connectivity index (χ1v) is 5.94. The smallest absolute Gasteiger partial charge is 0.164 e. The number of hydrogen-bond donors (Lipinski definition) is 1. The van der Waals surface area contributed by atoms with Gasteiger partial charge in [-0.1, -0.05) is 13.8 Å². The number of rotatable bonds is 2. The highest BCUT2D eigenvalue weighted by molar-refractivity contribution is 5.48. The summed E-state index contributed by atoms with van der Waals surface area (Å²) >= 11 is 0. The van der Waals surface area contributed by atoms with Crippen molar-refractivity contribution in [2.75, 3.05) is 5.73 Å². The first-order valence-electron chi connectivity index (χ1n) is 5.94. The van der Waals surface area contributed by atoms with Crippen LogP contribution in [0.2, 0.25) is 0 Å². The molecular weight excluding hydrogens is 228 g/mol. The fourth-order valence-corrected chi connectivity index (χ4v) is 1.73. The molecule has 0 bridgehead atoms. The monoisotopic (exact) mass is 246 g/mol. The van der Waals surface area contributed by atoms with Gasteiger partial charge in [0.1, 0.15) is 23.3 Å². The molecule has 0 radical (unpaired) electrons. The van der Waals surface area contributed by atoms with Gasteiger partial charge in [0.25, 0.3) is 0 Å². The maximum absolute atomic E-state index is 5.94. The van der Waals surface area contributed by atoms with Crippen molar-refractivity contribution in [3.63, 3.8) is 0 Å². The number of nitrogen functional groups attached to an aromatic ring is 1. The van der Waals surface area contributed by atoms with Gasteiger partial charge in [-0.2, -0.15) is 4.68 Å². The van der Waals surface area contributed by atoms with Gasteiger partial charge >= 0.3 is 0 Å². The lowest BCUT2D eigenvalue weighted by atomic mass is 10.2. The molecule has 0 atom stereocenters. The highest BCUT2D eigenvalue weighted by atomic mass is 15.4. The van der Waals surface area contributed by atoms with E-state index in [2.05, 4.69) is 20.1 Å². The van der Waals surface area contributed by atoms with Crippen LogP contribution in [0.1, 0.15) is 42.8 Å². The number of aryl methyl sites for hydroxylation is 2. The maximum atomic E-state index is 5.94. The molecule has 0 amide bonds. The number of anilines is 1. The second-order valence-corrected chi connectivity index (χ2v) is 4.69. The molecule has 96 valence electrons. The average molecular weight is 246 g/mol. The summed E-state index contributed by atoms with van der Waals surface area (Å²) in [5.41, 5.74) is 6.77. The molecule has 2 aromatic rings. The molecule has 0 saturated heterocycles. The summed E-state index contributed by atoms with van der Waals surface area (Å²) < 4.78 is 1.72. The summed E-state index contributed by atoms with van der Waals surface area (Å²) in [4.78, 5) is 13.1. The topological polar surface area (TPSA) is 82.5 Å². The van der Waals surface area contributed by atoms with Crippen molar-refractivity contribution in [2.45, 2.75) is 40.5 Å². The molecule has 2 N–H and O–H groups in total.